The van der Waals surface area contributed by atoms with E-state index in [-0.39, 0.29) is 0 Å². The molecule has 1 heterocycles. The van der Waals surface area contributed by atoms with E-state index >= 15 is 0 Å². The summed E-state index contributed by atoms with van der Waals surface area (Å²) in [4.78, 5) is 4.55. The van der Waals surface area contributed by atoms with Crippen LogP contribution in [0.1, 0.15) is 18.1 Å². The molecule has 24 heavy (non-hydrogen) atoms. The zero-order valence-electron chi connectivity index (χ0n) is 13.5. The fourth-order valence-corrected chi connectivity index (χ4v) is 3.38. The van der Waals surface area contributed by atoms with Crippen molar-refractivity contribution in [3.05, 3.63) is 72.5 Å². The van der Waals surface area contributed by atoms with Gasteiger partial charge in [0.05, 0.1) is 22.2 Å². The number of rotatable bonds is 6. The Morgan fingerprint density at radius 1 is 1.25 bits per heavy atom. The largest absolute Gasteiger partial charge is 0.463 e. The Balaban J connectivity index is 2.08. The van der Waals surface area contributed by atoms with Gasteiger partial charge in [-0.05, 0) is 25.1 Å². The predicted octanol–water partition coefficient (Wildman–Crippen LogP) is 4.67. The molecule has 0 aliphatic heterocycles. The van der Waals surface area contributed by atoms with E-state index in [0.29, 0.717) is 11.5 Å². The number of nitrogens with one attached hydrogen (secondary N) is 1. The molecule has 0 unspecified atom stereocenters. The fraction of sp³-hybridized carbons (Fsp3) is 0.105. The summed E-state index contributed by atoms with van der Waals surface area (Å²) < 4.78 is 6.71. The maximum Gasteiger partial charge on any atom is 0.183 e. The summed E-state index contributed by atoms with van der Waals surface area (Å²) in [7, 11) is 0. The van der Waals surface area contributed by atoms with Crippen LogP contribution in [0, 0.1) is 0 Å². The number of benzene rings is 2. The third kappa shape index (κ3) is 3.26. The van der Waals surface area contributed by atoms with Crippen molar-refractivity contribution < 1.29 is 4.74 Å². The van der Waals surface area contributed by atoms with E-state index in [0.717, 1.165) is 33.0 Å². The van der Waals surface area contributed by atoms with Crippen LogP contribution >= 0.6 is 11.3 Å². The lowest BCUT2D eigenvalue weighted by Crippen LogP contribution is -2.02. The first-order chi connectivity index (χ1) is 11.7. The second-order valence-electron chi connectivity index (χ2n) is 5.13. The molecule has 0 amide bonds. The lowest BCUT2D eigenvalue weighted by atomic mass is 10.1. The van der Waals surface area contributed by atoms with Crippen LogP contribution in [0.3, 0.4) is 0 Å². The van der Waals surface area contributed by atoms with E-state index in [1.165, 1.54) is 6.26 Å². The highest BCUT2D eigenvalue weighted by molar-refractivity contribution is 7.22. The molecule has 122 valence electrons. The molecule has 0 bridgehead atoms. The number of ether oxygens (including phenoxy) is 1. The summed E-state index contributed by atoms with van der Waals surface area (Å²) in [5.41, 5.74) is 9.67. The van der Waals surface area contributed by atoms with E-state index in [1.54, 1.807) is 11.3 Å². The number of nitrogens with zero attached hydrogens (tertiary/aromatic N) is 1. The maximum atomic E-state index is 6.34. The molecule has 0 spiro atoms. The van der Waals surface area contributed by atoms with Crippen LogP contribution in [-0.4, -0.2) is 11.5 Å². The molecule has 0 saturated carbocycles. The average Bonchev–Trinajstić information content (AvgIpc) is 3.01. The first-order valence-electron chi connectivity index (χ1n) is 7.70. The van der Waals surface area contributed by atoms with Gasteiger partial charge in [-0.15, -0.1) is 0 Å². The van der Waals surface area contributed by atoms with Crippen molar-refractivity contribution in [2.24, 2.45) is 5.73 Å². The quantitative estimate of drug-likeness (QED) is 0.507. The molecule has 1 aromatic heterocycles. The normalized spacial score (nSPS) is 11.9. The smallest absolute Gasteiger partial charge is 0.183 e. The van der Waals surface area contributed by atoms with Crippen molar-refractivity contribution in [3.63, 3.8) is 0 Å². The van der Waals surface area contributed by atoms with Gasteiger partial charge in [0, 0.05) is 17.7 Å². The molecule has 3 N–H and O–H groups in total. The van der Waals surface area contributed by atoms with E-state index in [1.807, 2.05) is 48.5 Å². The highest BCUT2D eigenvalue weighted by Crippen LogP contribution is 2.31. The van der Waals surface area contributed by atoms with Gasteiger partial charge in [-0.25, -0.2) is 4.98 Å². The van der Waals surface area contributed by atoms with Gasteiger partial charge in [0.2, 0.25) is 0 Å². The number of thiazole rings is 1. The number of hydrogen-bond donors (Lipinski definition) is 2. The molecule has 0 fully saturated rings. The third-order valence-electron chi connectivity index (χ3n) is 3.51. The van der Waals surface area contributed by atoms with Crippen molar-refractivity contribution in [2.75, 3.05) is 11.9 Å². The van der Waals surface area contributed by atoms with Gasteiger partial charge >= 0.3 is 0 Å². The Labute approximate surface area is 145 Å². The number of anilines is 1. The highest BCUT2D eigenvalue weighted by Gasteiger charge is 2.12. The first kappa shape index (κ1) is 16.1. The summed E-state index contributed by atoms with van der Waals surface area (Å²) in [5, 5.41) is 4.16. The molecule has 3 rings (SSSR count). The monoisotopic (exact) mass is 337 g/mol. The SMILES string of the molecule is C=CO/C(=C(\N)c1ccccc1)c1ccc2nc(NCC)sc2c1. The van der Waals surface area contributed by atoms with Crippen molar-refractivity contribution in [3.8, 4) is 0 Å². The standard InChI is InChI=1S/C19H19N3OS/c1-3-21-19-22-15-11-10-14(12-16(15)24-19)18(23-4-2)17(20)13-8-6-5-7-9-13/h4-12H,2-3,20H2,1H3,(H,21,22)/b18-17-. The van der Waals surface area contributed by atoms with Gasteiger partial charge in [-0.2, -0.15) is 0 Å². The van der Waals surface area contributed by atoms with Crippen LogP contribution in [0.4, 0.5) is 5.13 Å². The van der Waals surface area contributed by atoms with Crippen LogP contribution in [0.25, 0.3) is 21.7 Å². The minimum atomic E-state index is 0.575. The summed E-state index contributed by atoms with van der Waals surface area (Å²) in [6.45, 7) is 6.56. The number of hydrogen-bond acceptors (Lipinski definition) is 5. The second-order valence-corrected chi connectivity index (χ2v) is 6.16. The van der Waals surface area contributed by atoms with Crippen LogP contribution in [0.5, 0.6) is 0 Å². The van der Waals surface area contributed by atoms with Crippen LogP contribution in [0.2, 0.25) is 0 Å². The minimum absolute atomic E-state index is 0.575. The van der Waals surface area contributed by atoms with E-state index in [9.17, 15) is 0 Å². The van der Waals surface area contributed by atoms with Gasteiger partial charge in [0.15, 0.2) is 10.9 Å². The average molecular weight is 337 g/mol. The van der Waals surface area contributed by atoms with Gasteiger partial charge in [-0.3, -0.25) is 0 Å². The summed E-state index contributed by atoms with van der Waals surface area (Å²) in [6, 6.07) is 15.7. The number of nitrogens with two attached hydrogens (primary N) is 1. The van der Waals surface area contributed by atoms with Crippen LogP contribution in [0.15, 0.2) is 61.4 Å². The van der Waals surface area contributed by atoms with Gasteiger partial charge < -0.3 is 15.8 Å². The molecular formula is C19H19N3OS. The summed E-state index contributed by atoms with van der Waals surface area (Å²) in [5.74, 6) is 0.594. The lowest BCUT2D eigenvalue weighted by molar-refractivity contribution is 0.439. The zero-order valence-corrected chi connectivity index (χ0v) is 14.3. The second kappa shape index (κ2) is 7.19. The van der Waals surface area contributed by atoms with Crippen molar-refractivity contribution in [1.29, 1.82) is 0 Å². The molecule has 0 aliphatic carbocycles. The van der Waals surface area contributed by atoms with E-state index < -0.39 is 0 Å². The third-order valence-corrected chi connectivity index (χ3v) is 4.49. The Bertz CT molecular complexity index is 884. The van der Waals surface area contributed by atoms with Crippen molar-refractivity contribution in [1.82, 2.24) is 4.98 Å². The first-order valence-corrected chi connectivity index (χ1v) is 8.52. The van der Waals surface area contributed by atoms with Crippen molar-refractivity contribution in [2.45, 2.75) is 6.92 Å². The Morgan fingerprint density at radius 3 is 2.75 bits per heavy atom. The maximum absolute atomic E-state index is 6.34. The summed E-state index contributed by atoms with van der Waals surface area (Å²) >= 11 is 1.61. The van der Waals surface area contributed by atoms with E-state index in [4.69, 9.17) is 10.5 Å². The molecule has 0 saturated heterocycles. The summed E-state index contributed by atoms with van der Waals surface area (Å²) in [6.07, 6.45) is 1.39. The molecule has 0 radical (unpaired) electrons. The van der Waals surface area contributed by atoms with Crippen LogP contribution in [-0.2, 0) is 4.74 Å². The fourth-order valence-electron chi connectivity index (χ4n) is 2.41. The minimum Gasteiger partial charge on any atom is -0.463 e. The number of aromatic nitrogens is 1. The van der Waals surface area contributed by atoms with E-state index in [2.05, 4.69) is 23.8 Å². The van der Waals surface area contributed by atoms with Crippen LogP contribution < -0.4 is 11.1 Å². The Morgan fingerprint density at radius 2 is 2.04 bits per heavy atom. The molecule has 4 nitrogen and oxygen atoms in total. The number of fused-ring (bicyclic) bond motifs is 1. The van der Waals surface area contributed by atoms with Gasteiger partial charge in [-0.1, -0.05) is 48.2 Å². The zero-order chi connectivity index (χ0) is 16.9. The highest BCUT2D eigenvalue weighted by atomic mass is 32.1. The Kier molecular flexibility index (Phi) is 4.82. The molecule has 0 aliphatic rings. The van der Waals surface area contributed by atoms with Gasteiger partial charge in [0.25, 0.3) is 0 Å². The molecule has 5 heteroatoms. The van der Waals surface area contributed by atoms with Crippen molar-refractivity contribution >= 4 is 38.1 Å². The topological polar surface area (TPSA) is 60.2 Å². The van der Waals surface area contributed by atoms with Gasteiger partial charge in [0.1, 0.15) is 0 Å². The molecule has 2 aromatic carbocycles. The molecular weight excluding hydrogens is 318 g/mol. The molecule has 0 atom stereocenters. The lowest BCUT2D eigenvalue weighted by Gasteiger charge is -2.11. The molecule has 3 aromatic rings. The predicted molar refractivity (Wildman–Crippen MR) is 103 cm³/mol. The Hall–Kier alpha value is -2.79.